The number of aryl methyl sites for hydroxylation is 2. The fraction of sp³-hybridized carbons (Fsp3) is 0.600. The second-order valence-corrected chi connectivity index (χ2v) is 5.36. The maximum Gasteiger partial charge on any atom is 0.121 e. The molecule has 1 fully saturated rings. The predicted octanol–water partition coefficient (Wildman–Crippen LogP) is 2.19. The summed E-state index contributed by atoms with van der Waals surface area (Å²) in [6.07, 6.45) is 1.19. The number of phenols is 1. The molecule has 0 amide bonds. The Morgan fingerprint density at radius 3 is 2.33 bits per heavy atom. The monoisotopic (exact) mass is 248 g/mol. The van der Waals surface area contributed by atoms with Crippen molar-refractivity contribution < 1.29 is 5.11 Å². The first-order valence-electron chi connectivity index (χ1n) is 6.85. The van der Waals surface area contributed by atoms with Gasteiger partial charge in [-0.2, -0.15) is 0 Å². The maximum atomic E-state index is 9.81. The summed E-state index contributed by atoms with van der Waals surface area (Å²) in [7, 11) is 0. The molecule has 0 unspecified atom stereocenters. The minimum absolute atomic E-state index is 0.436. The number of benzene rings is 1. The second-order valence-electron chi connectivity index (χ2n) is 5.36. The van der Waals surface area contributed by atoms with Gasteiger partial charge in [0.25, 0.3) is 0 Å². The Morgan fingerprint density at radius 1 is 1.28 bits per heavy atom. The van der Waals surface area contributed by atoms with Gasteiger partial charge in [-0.1, -0.05) is 19.1 Å². The van der Waals surface area contributed by atoms with Crippen LogP contribution in [0.3, 0.4) is 0 Å². The van der Waals surface area contributed by atoms with Crippen LogP contribution in [0.15, 0.2) is 12.1 Å². The molecule has 0 radical (unpaired) electrons. The average molecular weight is 248 g/mol. The van der Waals surface area contributed by atoms with E-state index in [-0.39, 0.29) is 0 Å². The van der Waals surface area contributed by atoms with Crippen LogP contribution < -0.4 is 5.32 Å². The van der Waals surface area contributed by atoms with Crippen LogP contribution in [0.2, 0.25) is 0 Å². The topological polar surface area (TPSA) is 35.5 Å². The van der Waals surface area contributed by atoms with Crippen molar-refractivity contribution in [2.45, 2.75) is 39.8 Å². The van der Waals surface area contributed by atoms with Crippen LogP contribution in [0.1, 0.15) is 30.0 Å². The van der Waals surface area contributed by atoms with Crippen molar-refractivity contribution >= 4 is 0 Å². The molecule has 0 spiro atoms. The summed E-state index contributed by atoms with van der Waals surface area (Å²) in [5.74, 6) is 0.436. The van der Waals surface area contributed by atoms with Crippen LogP contribution in [-0.2, 0) is 6.54 Å². The number of hydrogen-bond acceptors (Lipinski definition) is 3. The number of phenolic OH excluding ortho intramolecular Hbond substituents is 1. The third-order valence-corrected chi connectivity index (χ3v) is 3.72. The summed E-state index contributed by atoms with van der Waals surface area (Å²) in [5.41, 5.74) is 3.27. The van der Waals surface area contributed by atoms with Gasteiger partial charge in [-0.3, -0.25) is 4.90 Å². The van der Waals surface area contributed by atoms with E-state index in [1.165, 1.54) is 12.0 Å². The van der Waals surface area contributed by atoms with E-state index in [9.17, 15) is 5.11 Å². The van der Waals surface area contributed by atoms with Crippen molar-refractivity contribution in [1.29, 1.82) is 0 Å². The molecule has 1 aliphatic rings. The molecule has 0 bridgehead atoms. The maximum absolute atomic E-state index is 9.81. The third kappa shape index (κ3) is 2.85. The summed E-state index contributed by atoms with van der Waals surface area (Å²) in [5, 5.41) is 13.1. The molecule has 1 saturated heterocycles. The molecule has 0 atom stereocenters. The molecule has 3 heteroatoms. The highest BCUT2D eigenvalue weighted by molar-refractivity contribution is 5.42. The Labute approximate surface area is 110 Å². The number of nitrogens with zero attached hydrogens (tertiary/aromatic N) is 1. The van der Waals surface area contributed by atoms with Gasteiger partial charge in [0.05, 0.1) is 0 Å². The van der Waals surface area contributed by atoms with E-state index in [1.54, 1.807) is 0 Å². The summed E-state index contributed by atoms with van der Waals surface area (Å²) >= 11 is 0. The van der Waals surface area contributed by atoms with Crippen LogP contribution >= 0.6 is 0 Å². The van der Waals surface area contributed by atoms with E-state index in [0.29, 0.717) is 11.8 Å². The molecular formula is C15H24N2O. The van der Waals surface area contributed by atoms with Crippen molar-refractivity contribution in [1.82, 2.24) is 10.2 Å². The van der Waals surface area contributed by atoms with Gasteiger partial charge in [0.15, 0.2) is 0 Å². The highest BCUT2D eigenvalue weighted by atomic mass is 16.3. The first-order valence-corrected chi connectivity index (χ1v) is 6.85. The molecule has 100 valence electrons. The standard InChI is InChI=1S/C15H24N2O/c1-4-5-17(14-8-16-9-14)10-13-6-11(2)15(18)12(3)7-13/h6-7,14,16,18H,4-5,8-10H2,1-3H3. The Hall–Kier alpha value is -1.06. The van der Waals surface area contributed by atoms with Gasteiger partial charge < -0.3 is 10.4 Å². The zero-order valence-electron chi connectivity index (χ0n) is 11.7. The molecular weight excluding hydrogens is 224 g/mol. The molecule has 1 aliphatic heterocycles. The number of rotatable bonds is 5. The first kappa shape index (κ1) is 13.4. The van der Waals surface area contributed by atoms with Gasteiger partial charge in [0.2, 0.25) is 0 Å². The Morgan fingerprint density at radius 2 is 1.89 bits per heavy atom. The lowest BCUT2D eigenvalue weighted by atomic mass is 10.0. The summed E-state index contributed by atoms with van der Waals surface area (Å²) in [6.45, 7) is 10.5. The molecule has 2 N–H and O–H groups in total. The highest BCUT2D eigenvalue weighted by Gasteiger charge is 2.23. The van der Waals surface area contributed by atoms with Crippen molar-refractivity contribution in [2.75, 3.05) is 19.6 Å². The van der Waals surface area contributed by atoms with E-state index < -0.39 is 0 Å². The van der Waals surface area contributed by atoms with Gasteiger partial charge in [0, 0.05) is 25.7 Å². The molecule has 0 aliphatic carbocycles. The van der Waals surface area contributed by atoms with Crippen LogP contribution in [0, 0.1) is 13.8 Å². The zero-order chi connectivity index (χ0) is 13.1. The van der Waals surface area contributed by atoms with E-state index in [4.69, 9.17) is 0 Å². The lowest BCUT2D eigenvalue weighted by molar-refractivity contribution is 0.138. The van der Waals surface area contributed by atoms with Crippen LogP contribution in [0.4, 0.5) is 0 Å². The molecule has 0 saturated carbocycles. The molecule has 1 heterocycles. The lowest BCUT2D eigenvalue weighted by Gasteiger charge is -2.38. The van der Waals surface area contributed by atoms with E-state index in [0.717, 1.165) is 37.3 Å². The molecule has 3 nitrogen and oxygen atoms in total. The van der Waals surface area contributed by atoms with E-state index in [2.05, 4.69) is 29.3 Å². The lowest BCUT2D eigenvalue weighted by Crippen LogP contribution is -2.56. The average Bonchev–Trinajstić information content (AvgIpc) is 2.23. The van der Waals surface area contributed by atoms with Crippen molar-refractivity contribution in [3.05, 3.63) is 28.8 Å². The van der Waals surface area contributed by atoms with Crippen molar-refractivity contribution in [2.24, 2.45) is 0 Å². The Kier molecular flexibility index (Phi) is 4.25. The largest absolute Gasteiger partial charge is 0.507 e. The quantitative estimate of drug-likeness (QED) is 0.838. The van der Waals surface area contributed by atoms with Gasteiger partial charge in [-0.25, -0.2) is 0 Å². The van der Waals surface area contributed by atoms with Crippen LogP contribution in [-0.4, -0.2) is 35.7 Å². The first-order chi connectivity index (χ1) is 8.61. The van der Waals surface area contributed by atoms with Gasteiger partial charge in [-0.15, -0.1) is 0 Å². The van der Waals surface area contributed by atoms with Crippen molar-refractivity contribution in [3.8, 4) is 5.75 Å². The van der Waals surface area contributed by atoms with Crippen molar-refractivity contribution in [3.63, 3.8) is 0 Å². The summed E-state index contributed by atoms with van der Waals surface area (Å²) in [6, 6.07) is 4.90. The third-order valence-electron chi connectivity index (χ3n) is 3.72. The minimum atomic E-state index is 0.436. The fourth-order valence-electron chi connectivity index (χ4n) is 2.58. The second kappa shape index (κ2) is 5.72. The molecule has 18 heavy (non-hydrogen) atoms. The molecule has 2 rings (SSSR count). The van der Waals surface area contributed by atoms with Gasteiger partial charge >= 0.3 is 0 Å². The van der Waals surface area contributed by atoms with Crippen LogP contribution in [0.5, 0.6) is 5.75 Å². The van der Waals surface area contributed by atoms with E-state index >= 15 is 0 Å². The zero-order valence-corrected chi connectivity index (χ0v) is 11.7. The molecule has 1 aromatic carbocycles. The molecule has 0 aromatic heterocycles. The normalized spacial score (nSPS) is 16.0. The molecule has 1 aromatic rings. The number of nitrogens with one attached hydrogen (secondary N) is 1. The predicted molar refractivity (Wildman–Crippen MR) is 74.9 cm³/mol. The summed E-state index contributed by atoms with van der Waals surface area (Å²) < 4.78 is 0. The van der Waals surface area contributed by atoms with Gasteiger partial charge in [0.1, 0.15) is 5.75 Å². The highest BCUT2D eigenvalue weighted by Crippen LogP contribution is 2.24. The van der Waals surface area contributed by atoms with E-state index in [1.807, 2.05) is 13.8 Å². The number of aromatic hydroxyl groups is 1. The fourth-order valence-corrected chi connectivity index (χ4v) is 2.58. The van der Waals surface area contributed by atoms with Gasteiger partial charge in [-0.05, 0) is 43.5 Å². The summed E-state index contributed by atoms with van der Waals surface area (Å²) in [4.78, 5) is 2.54. The Bertz CT molecular complexity index is 390. The minimum Gasteiger partial charge on any atom is -0.507 e. The Balaban J connectivity index is 2.10. The smallest absolute Gasteiger partial charge is 0.121 e. The van der Waals surface area contributed by atoms with Crippen LogP contribution in [0.25, 0.3) is 0 Å². The SMILES string of the molecule is CCCN(Cc1cc(C)c(O)c(C)c1)C1CNC1. The number of hydrogen-bond donors (Lipinski definition) is 2.